The number of benzene rings is 1. The van der Waals surface area contributed by atoms with E-state index in [2.05, 4.69) is 34.5 Å². The van der Waals surface area contributed by atoms with E-state index in [0.717, 1.165) is 12.4 Å². The zero-order chi connectivity index (χ0) is 17.5. The third-order valence-electron chi connectivity index (χ3n) is 5.31. The molecular formula is C20H21N3O3. The van der Waals surface area contributed by atoms with E-state index in [1.165, 1.54) is 18.4 Å². The van der Waals surface area contributed by atoms with Crippen molar-refractivity contribution in [1.29, 1.82) is 0 Å². The number of amides is 1. The number of fused-ring (bicyclic) bond motifs is 1. The van der Waals surface area contributed by atoms with Gasteiger partial charge in [-0.2, -0.15) is 0 Å². The number of nitrogens with zero attached hydrogens (tertiary/aromatic N) is 2. The van der Waals surface area contributed by atoms with Crippen molar-refractivity contribution in [3.63, 3.8) is 0 Å². The molecule has 26 heavy (non-hydrogen) atoms. The molecule has 3 aliphatic rings. The zero-order valence-corrected chi connectivity index (χ0v) is 14.4. The third kappa shape index (κ3) is 2.90. The Morgan fingerprint density at radius 3 is 2.77 bits per heavy atom. The van der Waals surface area contributed by atoms with Crippen molar-refractivity contribution in [2.45, 2.75) is 25.0 Å². The molecule has 2 atom stereocenters. The Labute approximate surface area is 152 Å². The smallest absolute Gasteiger partial charge is 0.263 e. The van der Waals surface area contributed by atoms with Crippen LogP contribution in [0.15, 0.2) is 42.5 Å². The first-order chi connectivity index (χ1) is 12.8. The second kappa shape index (κ2) is 6.29. The van der Waals surface area contributed by atoms with E-state index >= 15 is 0 Å². The first-order valence-electron chi connectivity index (χ1n) is 9.15. The molecule has 2 aromatic rings. The fraction of sp³-hybridized carbons (Fsp3) is 0.400. The lowest BCUT2D eigenvalue weighted by Gasteiger charge is -2.41. The molecular weight excluding hydrogens is 330 g/mol. The Balaban J connectivity index is 1.49. The predicted molar refractivity (Wildman–Crippen MR) is 97.4 cm³/mol. The minimum Gasteiger partial charge on any atom is -0.480 e. The van der Waals surface area contributed by atoms with E-state index in [1.54, 1.807) is 0 Å². The maximum Gasteiger partial charge on any atom is 0.263 e. The molecule has 0 spiro atoms. The SMILES string of the molecule is O=C1COc2ccc(N3C[C@@H](C4CC4)OC[C@H]3c3ccccc3)nc2N1. The molecule has 1 saturated heterocycles. The molecule has 134 valence electrons. The summed E-state index contributed by atoms with van der Waals surface area (Å²) >= 11 is 0. The summed E-state index contributed by atoms with van der Waals surface area (Å²) in [5.41, 5.74) is 1.21. The Hall–Kier alpha value is -2.60. The predicted octanol–water partition coefficient (Wildman–Crippen LogP) is 2.77. The quantitative estimate of drug-likeness (QED) is 0.921. The van der Waals surface area contributed by atoms with Crippen LogP contribution in [0, 0.1) is 5.92 Å². The van der Waals surface area contributed by atoms with Gasteiger partial charge in [0.05, 0.1) is 18.8 Å². The molecule has 0 radical (unpaired) electrons. The number of hydrogen-bond acceptors (Lipinski definition) is 5. The fourth-order valence-corrected chi connectivity index (χ4v) is 3.75. The van der Waals surface area contributed by atoms with Gasteiger partial charge in [-0.25, -0.2) is 4.98 Å². The molecule has 1 aromatic heterocycles. The summed E-state index contributed by atoms with van der Waals surface area (Å²) in [7, 11) is 0. The lowest BCUT2D eigenvalue weighted by Crippen LogP contribution is -2.46. The van der Waals surface area contributed by atoms with Crippen molar-refractivity contribution in [1.82, 2.24) is 4.98 Å². The second-order valence-electron chi connectivity index (χ2n) is 7.14. The number of carbonyl (C=O) groups excluding carboxylic acids is 1. The van der Waals surface area contributed by atoms with Gasteiger partial charge in [-0.15, -0.1) is 0 Å². The van der Waals surface area contributed by atoms with E-state index in [-0.39, 0.29) is 24.7 Å². The Bertz CT molecular complexity index is 822. The molecule has 0 bridgehead atoms. The van der Waals surface area contributed by atoms with Gasteiger partial charge >= 0.3 is 0 Å². The van der Waals surface area contributed by atoms with Crippen molar-refractivity contribution >= 4 is 17.5 Å². The number of ether oxygens (including phenoxy) is 2. The van der Waals surface area contributed by atoms with Gasteiger partial charge in [0.15, 0.2) is 18.2 Å². The summed E-state index contributed by atoms with van der Waals surface area (Å²) in [4.78, 5) is 18.6. The third-order valence-corrected chi connectivity index (χ3v) is 5.31. The number of anilines is 2. The van der Waals surface area contributed by atoms with E-state index in [1.807, 2.05) is 18.2 Å². The van der Waals surface area contributed by atoms with Crippen LogP contribution in [0.2, 0.25) is 0 Å². The molecule has 1 aromatic carbocycles. The summed E-state index contributed by atoms with van der Waals surface area (Å²) in [5.74, 6) is 2.46. The summed E-state index contributed by atoms with van der Waals surface area (Å²) in [5, 5.41) is 2.81. The fourth-order valence-electron chi connectivity index (χ4n) is 3.75. The Morgan fingerprint density at radius 2 is 1.96 bits per heavy atom. The highest BCUT2D eigenvalue weighted by Crippen LogP contribution is 2.40. The average molecular weight is 351 g/mol. The number of rotatable bonds is 3. The molecule has 2 aliphatic heterocycles. The lowest BCUT2D eigenvalue weighted by atomic mass is 10.0. The Kier molecular flexibility index (Phi) is 3.78. The van der Waals surface area contributed by atoms with Crippen molar-refractivity contribution in [2.24, 2.45) is 5.92 Å². The highest BCUT2D eigenvalue weighted by atomic mass is 16.5. The molecule has 1 aliphatic carbocycles. The van der Waals surface area contributed by atoms with Crippen LogP contribution in [0.4, 0.5) is 11.6 Å². The van der Waals surface area contributed by atoms with E-state index in [9.17, 15) is 4.79 Å². The van der Waals surface area contributed by atoms with Gasteiger partial charge in [0.2, 0.25) is 0 Å². The first kappa shape index (κ1) is 15.6. The van der Waals surface area contributed by atoms with Crippen molar-refractivity contribution < 1.29 is 14.3 Å². The van der Waals surface area contributed by atoms with Crippen molar-refractivity contribution in [2.75, 3.05) is 30.0 Å². The van der Waals surface area contributed by atoms with E-state index < -0.39 is 0 Å². The maximum absolute atomic E-state index is 11.6. The zero-order valence-electron chi connectivity index (χ0n) is 14.4. The van der Waals surface area contributed by atoms with Crippen LogP contribution in [0.3, 0.4) is 0 Å². The topological polar surface area (TPSA) is 63.7 Å². The van der Waals surface area contributed by atoms with E-state index in [4.69, 9.17) is 14.5 Å². The number of aromatic nitrogens is 1. The van der Waals surface area contributed by atoms with Gasteiger partial charge < -0.3 is 19.7 Å². The van der Waals surface area contributed by atoms with Gasteiger partial charge in [-0.3, -0.25) is 4.79 Å². The van der Waals surface area contributed by atoms with Crippen LogP contribution in [-0.2, 0) is 9.53 Å². The second-order valence-corrected chi connectivity index (χ2v) is 7.14. The number of morpholine rings is 1. The highest BCUT2D eigenvalue weighted by molar-refractivity contribution is 5.94. The number of hydrogen-bond donors (Lipinski definition) is 1. The standard InChI is InChI=1S/C20H21N3O3/c24-19-12-26-16-8-9-18(21-20(16)22-19)23-10-17(14-6-7-14)25-11-15(23)13-4-2-1-3-5-13/h1-5,8-9,14-15,17H,6-7,10-12H2,(H,21,22,24)/t15-,17-/m0/s1. The van der Waals surface area contributed by atoms with Gasteiger partial charge in [0, 0.05) is 6.54 Å². The molecule has 0 unspecified atom stereocenters. The largest absolute Gasteiger partial charge is 0.480 e. The lowest BCUT2D eigenvalue weighted by molar-refractivity contribution is -0.118. The maximum atomic E-state index is 11.6. The molecule has 1 N–H and O–H groups in total. The van der Waals surface area contributed by atoms with Crippen LogP contribution in [-0.4, -0.2) is 36.8 Å². The van der Waals surface area contributed by atoms with E-state index in [0.29, 0.717) is 24.1 Å². The van der Waals surface area contributed by atoms with Gasteiger partial charge in [-0.05, 0) is 36.5 Å². The van der Waals surface area contributed by atoms with Crippen LogP contribution in [0.25, 0.3) is 0 Å². The first-order valence-corrected chi connectivity index (χ1v) is 9.15. The van der Waals surface area contributed by atoms with Crippen LogP contribution in [0.5, 0.6) is 5.75 Å². The van der Waals surface area contributed by atoms with Crippen LogP contribution in [0.1, 0.15) is 24.4 Å². The molecule has 6 nitrogen and oxygen atoms in total. The van der Waals surface area contributed by atoms with Crippen LogP contribution < -0.4 is 15.0 Å². The molecule has 3 heterocycles. The van der Waals surface area contributed by atoms with Crippen LogP contribution >= 0.6 is 0 Å². The monoisotopic (exact) mass is 351 g/mol. The molecule has 6 heteroatoms. The summed E-state index contributed by atoms with van der Waals surface area (Å²) < 4.78 is 11.6. The highest BCUT2D eigenvalue weighted by Gasteiger charge is 2.39. The van der Waals surface area contributed by atoms with Crippen molar-refractivity contribution in [3.05, 3.63) is 48.0 Å². The average Bonchev–Trinajstić information content (AvgIpc) is 3.53. The minimum absolute atomic E-state index is 0.0436. The van der Waals surface area contributed by atoms with Gasteiger partial charge in [0.1, 0.15) is 5.82 Å². The molecule has 2 fully saturated rings. The number of pyridine rings is 1. The van der Waals surface area contributed by atoms with Gasteiger partial charge in [0.25, 0.3) is 5.91 Å². The molecule has 1 saturated carbocycles. The normalized spacial score (nSPS) is 25.2. The Morgan fingerprint density at radius 1 is 1.12 bits per heavy atom. The summed E-state index contributed by atoms with van der Waals surface area (Å²) in [6.07, 6.45) is 2.74. The number of carbonyl (C=O) groups is 1. The molecule has 1 amide bonds. The number of nitrogens with one attached hydrogen (secondary N) is 1. The summed E-state index contributed by atoms with van der Waals surface area (Å²) in [6.45, 7) is 1.50. The van der Waals surface area contributed by atoms with Crippen molar-refractivity contribution in [3.8, 4) is 5.75 Å². The summed E-state index contributed by atoms with van der Waals surface area (Å²) in [6, 6.07) is 14.3. The molecule has 5 rings (SSSR count). The van der Waals surface area contributed by atoms with Gasteiger partial charge in [-0.1, -0.05) is 30.3 Å². The minimum atomic E-state index is -0.167.